The van der Waals surface area contributed by atoms with E-state index in [1.165, 1.54) is 56.9 Å². The summed E-state index contributed by atoms with van der Waals surface area (Å²) in [5, 5.41) is 0. The molecular weight excluding hydrogens is 510 g/mol. The van der Waals surface area contributed by atoms with Crippen molar-refractivity contribution in [2.75, 3.05) is 18.9 Å². The number of ether oxygens (including phenoxy) is 2. The number of nitrogens with two attached hydrogens (primary N) is 1. The number of benzene rings is 3. The SMILES string of the molecule is CCCCCCCCOC(=O)c1ccccc1C(=O)OCCCCCCCC.Nc1ccccc1-c1ccccc1. The van der Waals surface area contributed by atoms with Crippen molar-refractivity contribution in [2.45, 2.75) is 90.9 Å². The molecule has 0 atom stereocenters. The standard InChI is InChI=1S/C24H38O4.C12H11N/c1-3-5-7-9-11-15-19-27-23(25)21-17-13-14-18-22(21)24(26)28-20-16-12-10-8-6-4-2;13-12-9-5-4-8-11(12)10-6-2-1-3-7-10/h13-14,17-18H,3-12,15-16,19-20H2,1-2H3;1-9H,13H2. The van der Waals surface area contributed by atoms with Crippen molar-refractivity contribution in [1.82, 2.24) is 0 Å². The molecule has 5 heteroatoms. The monoisotopic (exact) mass is 559 g/mol. The van der Waals surface area contributed by atoms with E-state index in [1.807, 2.05) is 42.5 Å². The van der Waals surface area contributed by atoms with Gasteiger partial charge in [0.25, 0.3) is 0 Å². The van der Waals surface area contributed by atoms with E-state index < -0.39 is 11.9 Å². The summed E-state index contributed by atoms with van der Waals surface area (Å²) in [7, 11) is 0. The van der Waals surface area contributed by atoms with Gasteiger partial charge in [-0.3, -0.25) is 0 Å². The van der Waals surface area contributed by atoms with Gasteiger partial charge in [0.15, 0.2) is 0 Å². The van der Waals surface area contributed by atoms with Gasteiger partial charge in [0.1, 0.15) is 0 Å². The highest BCUT2D eigenvalue weighted by Gasteiger charge is 2.18. The second-order valence-corrected chi connectivity index (χ2v) is 10.3. The van der Waals surface area contributed by atoms with Crippen LogP contribution >= 0.6 is 0 Å². The lowest BCUT2D eigenvalue weighted by atomic mass is 10.0. The van der Waals surface area contributed by atoms with Gasteiger partial charge in [-0.1, -0.05) is 139 Å². The van der Waals surface area contributed by atoms with E-state index in [1.54, 1.807) is 24.3 Å². The summed E-state index contributed by atoms with van der Waals surface area (Å²) in [4.78, 5) is 24.7. The molecule has 2 N–H and O–H groups in total. The van der Waals surface area contributed by atoms with Gasteiger partial charge in [-0.05, 0) is 36.6 Å². The van der Waals surface area contributed by atoms with E-state index >= 15 is 0 Å². The third-order valence-electron chi connectivity index (χ3n) is 6.87. The van der Waals surface area contributed by atoms with Crippen molar-refractivity contribution in [1.29, 1.82) is 0 Å². The summed E-state index contributed by atoms with van der Waals surface area (Å²) >= 11 is 0. The quantitative estimate of drug-likeness (QED) is 0.101. The topological polar surface area (TPSA) is 78.6 Å². The van der Waals surface area contributed by atoms with Crippen molar-refractivity contribution in [3.05, 3.63) is 90.0 Å². The van der Waals surface area contributed by atoms with E-state index in [9.17, 15) is 9.59 Å². The molecule has 0 amide bonds. The number of hydrogen-bond acceptors (Lipinski definition) is 5. The zero-order valence-corrected chi connectivity index (χ0v) is 25.1. The van der Waals surface area contributed by atoms with Crippen molar-refractivity contribution in [3.63, 3.8) is 0 Å². The molecule has 3 aromatic carbocycles. The fourth-order valence-electron chi connectivity index (χ4n) is 4.47. The van der Waals surface area contributed by atoms with Crippen LogP contribution in [0.15, 0.2) is 78.9 Å². The number of carbonyl (C=O) groups is 2. The summed E-state index contributed by atoms with van der Waals surface area (Å²) in [5.41, 5.74) is 9.53. The Morgan fingerprint density at radius 2 is 0.951 bits per heavy atom. The Kier molecular flexibility index (Phi) is 17.4. The maximum absolute atomic E-state index is 12.4. The van der Waals surface area contributed by atoms with Gasteiger partial charge in [0, 0.05) is 11.3 Å². The van der Waals surface area contributed by atoms with Crippen LogP contribution in [0.4, 0.5) is 5.69 Å². The smallest absolute Gasteiger partial charge is 0.339 e. The summed E-state index contributed by atoms with van der Waals surface area (Å²) in [5.74, 6) is -0.888. The first-order chi connectivity index (χ1) is 20.1. The summed E-state index contributed by atoms with van der Waals surface area (Å²) in [6.07, 6.45) is 13.6. The zero-order chi connectivity index (χ0) is 29.5. The molecule has 0 heterocycles. The summed E-state index contributed by atoms with van der Waals surface area (Å²) in [6, 6.07) is 24.8. The Bertz CT molecular complexity index is 1080. The second kappa shape index (κ2) is 21.2. The van der Waals surface area contributed by atoms with Crippen LogP contribution < -0.4 is 5.73 Å². The maximum Gasteiger partial charge on any atom is 0.339 e. The van der Waals surface area contributed by atoms with Crippen molar-refractivity contribution in [3.8, 4) is 11.1 Å². The Morgan fingerprint density at radius 1 is 0.537 bits per heavy atom. The normalized spacial score (nSPS) is 10.4. The molecule has 0 saturated heterocycles. The van der Waals surface area contributed by atoms with Gasteiger partial charge >= 0.3 is 11.9 Å². The molecule has 0 aliphatic rings. The number of esters is 2. The van der Waals surface area contributed by atoms with Crippen LogP contribution in [0.5, 0.6) is 0 Å². The Balaban J connectivity index is 0.000000372. The average Bonchev–Trinajstić information content (AvgIpc) is 3.01. The number of rotatable bonds is 17. The largest absolute Gasteiger partial charge is 0.462 e. The van der Waals surface area contributed by atoms with E-state index in [0.717, 1.165) is 36.9 Å². The van der Waals surface area contributed by atoms with Gasteiger partial charge in [-0.15, -0.1) is 0 Å². The Hall–Kier alpha value is -3.60. The Morgan fingerprint density at radius 3 is 1.44 bits per heavy atom. The molecule has 0 aliphatic heterocycles. The number of hydrogen-bond donors (Lipinski definition) is 1. The van der Waals surface area contributed by atoms with Crippen molar-refractivity contribution < 1.29 is 19.1 Å². The number of unbranched alkanes of at least 4 members (excludes halogenated alkanes) is 10. The van der Waals surface area contributed by atoms with E-state index in [0.29, 0.717) is 24.3 Å². The molecule has 41 heavy (non-hydrogen) atoms. The van der Waals surface area contributed by atoms with Crippen LogP contribution in [-0.4, -0.2) is 25.2 Å². The molecular formula is C36H49NO4. The number of para-hydroxylation sites is 1. The molecule has 0 aliphatic carbocycles. The van der Waals surface area contributed by atoms with Gasteiger partial charge in [0.05, 0.1) is 24.3 Å². The lowest BCUT2D eigenvalue weighted by molar-refractivity contribution is 0.0450. The lowest BCUT2D eigenvalue weighted by Gasteiger charge is -2.10. The zero-order valence-electron chi connectivity index (χ0n) is 25.1. The highest BCUT2D eigenvalue weighted by atomic mass is 16.5. The fraction of sp³-hybridized carbons (Fsp3) is 0.444. The molecule has 0 aromatic heterocycles. The number of anilines is 1. The molecule has 0 bridgehead atoms. The van der Waals surface area contributed by atoms with Crippen LogP contribution in [0, 0.1) is 0 Å². The number of nitrogen functional groups attached to an aromatic ring is 1. The van der Waals surface area contributed by atoms with Crippen LogP contribution in [0.1, 0.15) is 112 Å². The highest BCUT2D eigenvalue weighted by Crippen LogP contribution is 2.24. The molecule has 0 unspecified atom stereocenters. The predicted octanol–water partition coefficient (Wildman–Crippen LogP) is 9.66. The molecule has 3 aromatic rings. The first kappa shape index (κ1) is 33.6. The second-order valence-electron chi connectivity index (χ2n) is 10.3. The van der Waals surface area contributed by atoms with Crippen LogP contribution in [0.3, 0.4) is 0 Å². The minimum absolute atomic E-state index is 0.293. The van der Waals surface area contributed by atoms with E-state index in [4.69, 9.17) is 15.2 Å². The summed E-state index contributed by atoms with van der Waals surface area (Å²) < 4.78 is 10.7. The first-order valence-corrected chi connectivity index (χ1v) is 15.4. The minimum atomic E-state index is -0.444. The minimum Gasteiger partial charge on any atom is -0.462 e. The highest BCUT2D eigenvalue weighted by molar-refractivity contribution is 6.03. The molecule has 0 spiro atoms. The van der Waals surface area contributed by atoms with E-state index in [2.05, 4.69) is 26.0 Å². The lowest BCUT2D eigenvalue weighted by Crippen LogP contribution is -2.15. The molecule has 0 saturated carbocycles. The van der Waals surface area contributed by atoms with Crippen LogP contribution in [-0.2, 0) is 9.47 Å². The molecule has 222 valence electrons. The van der Waals surface area contributed by atoms with Gasteiger partial charge in [-0.25, -0.2) is 9.59 Å². The van der Waals surface area contributed by atoms with Crippen molar-refractivity contribution >= 4 is 17.6 Å². The molecule has 5 nitrogen and oxygen atoms in total. The van der Waals surface area contributed by atoms with Gasteiger partial charge in [-0.2, -0.15) is 0 Å². The molecule has 0 fully saturated rings. The average molecular weight is 560 g/mol. The number of carbonyl (C=O) groups excluding carboxylic acids is 2. The van der Waals surface area contributed by atoms with Crippen LogP contribution in [0.2, 0.25) is 0 Å². The maximum atomic E-state index is 12.4. The van der Waals surface area contributed by atoms with E-state index in [-0.39, 0.29) is 0 Å². The van der Waals surface area contributed by atoms with Crippen molar-refractivity contribution in [2.24, 2.45) is 0 Å². The third-order valence-corrected chi connectivity index (χ3v) is 6.87. The van der Waals surface area contributed by atoms with Gasteiger partial charge in [0.2, 0.25) is 0 Å². The summed E-state index contributed by atoms with van der Waals surface area (Å²) in [6.45, 7) is 5.17. The molecule has 0 radical (unpaired) electrons. The Labute approximate surface area is 247 Å². The fourth-order valence-corrected chi connectivity index (χ4v) is 4.47. The van der Waals surface area contributed by atoms with Crippen LogP contribution in [0.25, 0.3) is 11.1 Å². The molecule has 3 rings (SSSR count). The predicted molar refractivity (Wildman–Crippen MR) is 170 cm³/mol. The first-order valence-electron chi connectivity index (χ1n) is 15.4. The van der Waals surface area contributed by atoms with Gasteiger partial charge < -0.3 is 15.2 Å². The third kappa shape index (κ3) is 13.5.